The zero-order chi connectivity index (χ0) is 14.5. The van der Waals surface area contributed by atoms with Crippen LogP contribution in [0.3, 0.4) is 0 Å². The first kappa shape index (κ1) is 18.0. The lowest BCUT2D eigenvalue weighted by molar-refractivity contribution is 0.0738. The maximum atomic E-state index is 12.4. The van der Waals surface area contributed by atoms with Crippen LogP contribution in [0.15, 0.2) is 12.3 Å². The summed E-state index contributed by atoms with van der Waals surface area (Å²) in [7, 11) is 0. The molecule has 2 heterocycles. The molecule has 6 heteroatoms. The van der Waals surface area contributed by atoms with E-state index in [9.17, 15) is 4.79 Å². The molecule has 0 radical (unpaired) electrons. The Morgan fingerprint density at radius 3 is 2.90 bits per heavy atom. The summed E-state index contributed by atoms with van der Waals surface area (Å²) in [6.07, 6.45) is 4.24. The first-order valence-corrected chi connectivity index (χ1v) is 7.67. The van der Waals surface area contributed by atoms with Gasteiger partial charge in [-0.3, -0.25) is 9.48 Å². The molecule has 0 aromatic carbocycles. The van der Waals surface area contributed by atoms with E-state index in [2.05, 4.69) is 24.3 Å². The van der Waals surface area contributed by atoms with E-state index in [1.165, 1.54) is 6.42 Å². The van der Waals surface area contributed by atoms with Gasteiger partial charge in [0, 0.05) is 25.8 Å². The number of carbonyl (C=O) groups excluding carboxylic acids is 1. The maximum absolute atomic E-state index is 12.4. The van der Waals surface area contributed by atoms with Crippen LogP contribution >= 0.6 is 12.4 Å². The molecule has 0 saturated carbocycles. The van der Waals surface area contributed by atoms with Crippen LogP contribution in [0.25, 0.3) is 0 Å². The Hall–Kier alpha value is -1.07. The van der Waals surface area contributed by atoms with Gasteiger partial charge in [0.25, 0.3) is 5.91 Å². The van der Waals surface area contributed by atoms with E-state index in [0.717, 1.165) is 32.6 Å². The van der Waals surface area contributed by atoms with E-state index in [1.54, 1.807) is 0 Å². The Labute approximate surface area is 133 Å². The number of halogens is 1. The topological polar surface area (TPSA) is 50.2 Å². The van der Waals surface area contributed by atoms with Crippen molar-refractivity contribution in [3.8, 4) is 0 Å². The van der Waals surface area contributed by atoms with Crippen LogP contribution < -0.4 is 5.32 Å². The average molecular weight is 315 g/mol. The van der Waals surface area contributed by atoms with Crippen LogP contribution in [0, 0.1) is 5.92 Å². The van der Waals surface area contributed by atoms with Crippen molar-refractivity contribution in [3.05, 3.63) is 18.0 Å². The number of amides is 1. The average Bonchev–Trinajstić information content (AvgIpc) is 2.94. The van der Waals surface area contributed by atoms with E-state index in [4.69, 9.17) is 0 Å². The second-order valence-electron chi connectivity index (χ2n) is 5.92. The lowest BCUT2D eigenvalue weighted by atomic mass is 10.1. The lowest BCUT2D eigenvalue weighted by Gasteiger charge is -2.23. The first-order valence-electron chi connectivity index (χ1n) is 7.67. The number of carbonyl (C=O) groups is 1. The Bertz CT molecular complexity index is 441. The van der Waals surface area contributed by atoms with Gasteiger partial charge in [-0.1, -0.05) is 13.8 Å². The standard InChI is InChI=1S/C15H26N4O.ClH/c1-4-18(11-12(2)3)15(20)14-7-9-19(17-14)13-6-5-8-16-10-13;/h7,9,12-13,16H,4-6,8,10-11H2,1-3H3;1H. The number of nitrogens with one attached hydrogen (secondary N) is 1. The summed E-state index contributed by atoms with van der Waals surface area (Å²) in [4.78, 5) is 14.3. The van der Waals surface area contributed by atoms with Crippen LogP contribution in [0.5, 0.6) is 0 Å². The summed E-state index contributed by atoms with van der Waals surface area (Å²) in [6, 6.07) is 2.23. The molecule has 1 unspecified atom stereocenters. The normalized spacial score (nSPS) is 18.4. The minimum Gasteiger partial charge on any atom is -0.337 e. The fraction of sp³-hybridized carbons (Fsp3) is 0.733. The van der Waals surface area contributed by atoms with Crippen LogP contribution in [0.4, 0.5) is 0 Å². The van der Waals surface area contributed by atoms with Gasteiger partial charge < -0.3 is 10.2 Å². The second-order valence-corrected chi connectivity index (χ2v) is 5.92. The van der Waals surface area contributed by atoms with Gasteiger partial charge >= 0.3 is 0 Å². The first-order chi connectivity index (χ1) is 9.61. The molecule has 1 saturated heterocycles. The number of nitrogens with zero attached hydrogens (tertiary/aromatic N) is 3. The van der Waals surface area contributed by atoms with Crippen molar-refractivity contribution in [2.24, 2.45) is 5.92 Å². The molecule has 0 spiro atoms. The van der Waals surface area contributed by atoms with Gasteiger partial charge in [-0.2, -0.15) is 5.10 Å². The van der Waals surface area contributed by atoms with Crippen molar-refractivity contribution in [3.63, 3.8) is 0 Å². The molecular weight excluding hydrogens is 288 g/mol. The van der Waals surface area contributed by atoms with Crippen molar-refractivity contribution >= 4 is 18.3 Å². The summed E-state index contributed by atoms with van der Waals surface area (Å²) in [5.41, 5.74) is 0.568. The van der Waals surface area contributed by atoms with E-state index in [0.29, 0.717) is 17.7 Å². The second kappa shape index (κ2) is 8.39. The third-order valence-electron chi connectivity index (χ3n) is 3.73. The predicted molar refractivity (Wildman–Crippen MR) is 87.0 cm³/mol. The molecule has 0 aliphatic carbocycles. The molecule has 1 aromatic heterocycles. The SMILES string of the molecule is CCN(CC(C)C)C(=O)c1ccn(C2CCCNC2)n1.Cl. The summed E-state index contributed by atoms with van der Waals surface area (Å²) in [5, 5.41) is 7.87. The monoisotopic (exact) mass is 314 g/mol. The van der Waals surface area contributed by atoms with E-state index < -0.39 is 0 Å². The molecule has 1 atom stereocenters. The van der Waals surface area contributed by atoms with E-state index in [1.807, 2.05) is 28.8 Å². The highest BCUT2D eigenvalue weighted by molar-refractivity contribution is 5.92. The minimum absolute atomic E-state index is 0. The molecule has 0 bridgehead atoms. The summed E-state index contributed by atoms with van der Waals surface area (Å²) in [5.74, 6) is 0.521. The maximum Gasteiger partial charge on any atom is 0.274 e. The summed E-state index contributed by atoms with van der Waals surface area (Å²) >= 11 is 0. The third-order valence-corrected chi connectivity index (χ3v) is 3.73. The Kier molecular flexibility index (Phi) is 7.18. The summed E-state index contributed by atoms with van der Waals surface area (Å²) in [6.45, 7) is 9.81. The van der Waals surface area contributed by atoms with Crippen LogP contribution in [-0.2, 0) is 0 Å². The Morgan fingerprint density at radius 1 is 1.57 bits per heavy atom. The lowest BCUT2D eigenvalue weighted by Crippen LogP contribution is -2.35. The number of hydrogen-bond donors (Lipinski definition) is 1. The quantitative estimate of drug-likeness (QED) is 0.907. The molecule has 120 valence electrons. The zero-order valence-corrected chi connectivity index (χ0v) is 14.0. The Balaban J connectivity index is 0.00000220. The highest BCUT2D eigenvalue weighted by Gasteiger charge is 2.20. The van der Waals surface area contributed by atoms with Crippen molar-refractivity contribution in [2.45, 2.75) is 39.7 Å². The zero-order valence-electron chi connectivity index (χ0n) is 13.2. The van der Waals surface area contributed by atoms with Gasteiger partial charge in [-0.25, -0.2) is 0 Å². The van der Waals surface area contributed by atoms with Gasteiger partial charge in [0.1, 0.15) is 5.69 Å². The molecule has 1 fully saturated rings. The highest BCUT2D eigenvalue weighted by Crippen LogP contribution is 2.16. The molecule has 21 heavy (non-hydrogen) atoms. The fourth-order valence-electron chi connectivity index (χ4n) is 2.67. The van der Waals surface area contributed by atoms with E-state index in [-0.39, 0.29) is 18.3 Å². The number of piperidine rings is 1. The molecule has 1 aromatic rings. The molecule has 1 N–H and O–H groups in total. The van der Waals surface area contributed by atoms with Crippen LogP contribution in [-0.4, -0.2) is 46.8 Å². The number of hydrogen-bond acceptors (Lipinski definition) is 3. The number of rotatable bonds is 5. The highest BCUT2D eigenvalue weighted by atomic mass is 35.5. The van der Waals surface area contributed by atoms with Crippen molar-refractivity contribution in [2.75, 3.05) is 26.2 Å². The van der Waals surface area contributed by atoms with Crippen molar-refractivity contribution in [1.29, 1.82) is 0 Å². The van der Waals surface area contributed by atoms with E-state index >= 15 is 0 Å². The number of aromatic nitrogens is 2. The largest absolute Gasteiger partial charge is 0.337 e. The smallest absolute Gasteiger partial charge is 0.274 e. The molecule has 5 nitrogen and oxygen atoms in total. The van der Waals surface area contributed by atoms with Gasteiger partial charge in [-0.15, -0.1) is 12.4 Å². The van der Waals surface area contributed by atoms with Gasteiger partial charge in [0.15, 0.2) is 0 Å². The van der Waals surface area contributed by atoms with Gasteiger partial charge in [0.05, 0.1) is 6.04 Å². The molecule has 1 aliphatic rings. The van der Waals surface area contributed by atoms with Gasteiger partial charge in [0.2, 0.25) is 0 Å². The Morgan fingerprint density at radius 2 is 2.33 bits per heavy atom. The third kappa shape index (κ3) is 4.71. The molecule has 1 amide bonds. The van der Waals surface area contributed by atoms with Crippen molar-refractivity contribution in [1.82, 2.24) is 20.0 Å². The minimum atomic E-state index is 0. The van der Waals surface area contributed by atoms with Crippen LogP contribution in [0.2, 0.25) is 0 Å². The van der Waals surface area contributed by atoms with Gasteiger partial charge in [-0.05, 0) is 38.3 Å². The predicted octanol–water partition coefficient (Wildman–Crippen LogP) is 2.35. The van der Waals surface area contributed by atoms with Crippen LogP contribution in [0.1, 0.15) is 50.1 Å². The molecule has 1 aliphatic heterocycles. The summed E-state index contributed by atoms with van der Waals surface area (Å²) < 4.78 is 1.95. The van der Waals surface area contributed by atoms with Crippen molar-refractivity contribution < 1.29 is 4.79 Å². The molecule has 2 rings (SSSR count). The molecular formula is C15H27ClN4O. The fourth-order valence-corrected chi connectivity index (χ4v) is 2.67.